The molecule has 106 valence electrons. The van der Waals surface area contributed by atoms with Crippen LogP contribution in [0.4, 0.5) is 0 Å². The van der Waals surface area contributed by atoms with Crippen LogP contribution in [-0.4, -0.2) is 14.2 Å². The number of nitrogens with one attached hydrogen (secondary N) is 1. The molecule has 1 atom stereocenters. The molecule has 1 N–H and O–H groups in total. The van der Waals surface area contributed by atoms with Crippen LogP contribution >= 0.6 is 15.9 Å². The lowest BCUT2D eigenvalue weighted by Crippen LogP contribution is -2.36. The first-order valence-electron chi connectivity index (χ1n) is 7.11. The van der Waals surface area contributed by atoms with E-state index < -0.39 is 0 Å². The zero-order chi connectivity index (χ0) is 13.9. The highest BCUT2D eigenvalue weighted by molar-refractivity contribution is 9.10. The number of hydrogen-bond acceptors (Lipinski definition) is 2. The molecule has 1 aliphatic rings. The first-order chi connectivity index (χ1) is 9.10. The maximum atomic E-state index is 5.56. The van der Waals surface area contributed by atoms with E-state index in [4.69, 9.17) is 4.74 Å². The number of benzene rings is 1. The summed E-state index contributed by atoms with van der Waals surface area (Å²) in [6.07, 6.45) is 6.62. The maximum Gasteiger partial charge on any atom is 0.123 e. The van der Waals surface area contributed by atoms with Gasteiger partial charge in [-0.05, 0) is 43.5 Å². The Hall–Kier alpha value is -0.540. The second kappa shape index (κ2) is 6.27. The average molecular weight is 326 g/mol. The summed E-state index contributed by atoms with van der Waals surface area (Å²) in [4.78, 5) is 0. The highest BCUT2D eigenvalue weighted by atomic mass is 79.9. The lowest BCUT2D eigenvalue weighted by molar-refractivity contribution is 0.148. The Kier molecular flexibility index (Phi) is 4.91. The van der Waals surface area contributed by atoms with Crippen LogP contribution < -0.4 is 10.1 Å². The van der Waals surface area contributed by atoms with Crippen molar-refractivity contribution in [1.29, 1.82) is 0 Å². The van der Waals surface area contributed by atoms with Crippen molar-refractivity contribution in [3.05, 3.63) is 28.2 Å². The van der Waals surface area contributed by atoms with Crippen LogP contribution in [0, 0.1) is 5.41 Å². The third kappa shape index (κ3) is 3.14. The molecule has 0 saturated heterocycles. The molecule has 0 aliphatic heterocycles. The van der Waals surface area contributed by atoms with Gasteiger partial charge in [0.25, 0.3) is 0 Å². The Morgan fingerprint density at radius 3 is 2.53 bits per heavy atom. The molecule has 0 spiro atoms. The van der Waals surface area contributed by atoms with E-state index in [1.807, 2.05) is 6.07 Å². The smallest absolute Gasteiger partial charge is 0.123 e. The Morgan fingerprint density at radius 2 is 1.95 bits per heavy atom. The summed E-state index contributed by atoms with van der Waals surface area (Å²) < 4.78 is 6.67. The van der Waals surface area contributed by atoms with Gasteiger partial charge in [-0.2, -0.15) is 0 Å². The molecule has 1 aliphatic carbocycles. The molecular formula is C16H24BrNO. The van der Waals surface area contributed by atoms with Gasteiger partial charge in [0.2, 0.25) is 0 Å². The van der Waals surface area contributed by atoms with E-state index in [1.54, 1.807) is 7.11 Å². The van der Waals surface area contributed by atoms with E-state index in [0.29, 0.717) is 11.5 Å². The molecule has 0 heterocycles. The Morgan fingerprint density at radius 1 is 1.26 bits per heavy atom. The molecule has 2 nitrogen and oxygen atoms in total. The van der Waals surface area contributed by atoms with E-state index in [9.17, 15) is 0 Å². The van der Waals surface area contributed by atoms with Crippen LogP contribution in [0.3, 0.4) is 0 Å². The fourth-order valence-electron chi connectivity index (χ4n) is 3.46. The minimum absolute atomic E-state index is 0.321. The zero-order valence-corrected chi connectivity index (χ0v) is 13.7. The molecule has 19 heavy (non-hydrogen) atoms. The molecule has 1 aromatic carbocycles. The minimum atomic E-state index is 0.321. The summed E-state index contributed by atoms with van der Waals surface area (Å²) in [7, 11) is 3.81. The van der Waals surface area contributed by atoms with Gasteiger partial charge in [0, 0.05) is 16.1 Å². The van der Waals surface area contributed by atoms with Crippen LogP contribution in [0.1, 0.15) is 50.6 Å². The van der Waals surface area contributed by atoms with Crippen molar-refractivity contribution in [3.8, 4) is 5.75 Å². The summed E-state index contributed by atoms with van der Waals surface area (Å²) in [6.45, 7) is 2.41. The van der Waals surface area contributed by atoms with Crippen molar-refractivity contribution in [2.45, 2.75) is 45.1 Å². The summed E-state index contributed by atoms with van der Waals surface area (Å²) in [5, 5.41) is 3.53. The molecule has 1 fully saturated rings. The molecule has 1 aromatic rings. The fraction of sp³-hybridized carbons (Fsp3) is 0.625. The largest absolute Gasteiger partial charge is 0.496 e. The molecule has 3 heteroatoms. The van der Waals surface area contributed by atoms with E-state index in [0.717, 1.165) is 10.2 Å². The molecule has 0 bridgehead atoms. The van der Waals surface area contributed by atoms with Crippen molar-refractivity contribution in [2.75, 3.05) is 14.2 Å². The molecule has 0 radical (unpaired) electrons. The monoisotopic (exact) mass is 325 g/mol. The van der Waals surface area contributed by atoms with Crippen LogP contribution in [-0.2, 0) is 0 Å². The van der Waals surface area contributed by atoms with Gasteiger partial charge in [0.1, 0.15) is 5.75 Å². The predicted octanol–water partition coefficient (Wildman–Crippen LogP) is 4.69. The number of rotatable bonds is 4. The van der Waals surface area contributed by atoms with Gasteiger partial charge in [0.05, 0.1) is 7.11 Å². The number of hydrogen-bond donors (Lipinski definition) is 1. The van der Waals surface area contributed by atoms with E-state index >= 15 is 0 Å². The molecule has 0 amide bonds. The summed E-state index contributed by atoms with van der Waals surface area (Å²) in [6, 6.07) is 6.63. The van der Waals surface area contributed by atoms with E-state index in [1.165, 1.54) is 37.7 Å². The zero-order valence-electron chi connectivity index (χ0n) is 12.1. The summed E-state index contributed by atoms with van der Waals surface area (Å²) in [5.41, 5.74) is 1.59. The van der Waals surface area contributed by atoms with Gasteiger partial charge in [0.15, 0.2) is 0 Å². The SMILES string of the molecule is CNC(c1cc(Br)ccc1OC)C1(C)CCCCC1. The van der Waals surface area contributed by atoms with Gasteiger partial charge in [-0.3, -0.25) is 0 Å². The van der Waals surface area contributed by atoms with E-state index in [2.05, 4.69) is 47.4 Å². The molecular weight excluding hydrogens is 302 g/mol. The Bertz CT molecular complexity index is 427. The van der Waals surface area contributed by atoms with Gasteiger partial charge >= 0.3 is 0 Å². The highest BCUT2D eigenvalue weighted by Crippen LogP contribution is 2.47. The van der Waals surface area contributed by atoms with Crippen LogP contribution in [0.15, 0.2) is 22.7 Å². The topological polar surface area (TPSA) is 21.3 Å². The van der Waals surface area contributed by atoms with Gasteiger partial charge in [-0.1, -0.05) is 42.1 Å². The third-order valence-corrected chi connectivity index (χ3v) is 4.98. The van der Waals surface area contributed by atoms with Crippen molar-refractivity contribution in [3.63, 3.8) is 0 Å². The number of ether oxygens (including phenoxy) is 1. The predicted molar refractivity (Wildman–Crippen MR) is 83.7 cm³/mol. The quantitative estimate of drug-likeness (QED) is 0.867. The minimum Gasteiger partial charge on any atom is -0.496 e. The Balaban J connectivity index is 2.38. The molecule has 1 saturated carbocycles. The Labute approximate surface area is 125 Å². The fourth-order valence-corrected chi connectivity index (χ4v) is 3.84. The lowest BCUT2D eigenvalue weighted by atomic mass is 9.68. The van der Waals surface area contributed by atoms with Gasteiger partial charge in [-0.15, -0.1) is 0 Å². The van der Waals surface area contributed by atoms with Gasteiger partial charge in [-0.25, -0.2) is 0 Å². The number of methoxy groups -OCH3 is 1. The maximum absolute atomic E-state index is 5.56. The summed E-state index contributed by atoms with van der Waals surface area (Å²) in [5.74, 6) is 0.981. The van der Waals surface area contributed by atoms with Crippen molar-refractivity contribution in [2.24, 2.45) is 5.41 Å². The second-order valence-electron chi connectivity index (χ2n) is 5.82. The standard InChI is InChI=1S/C16H24BrNO/c1-16(9-5-4-6-10-16)15(18-2)13-11-12(17)7-8-14(13)19-3/h7-8,11,15,18H,4-6,9-10H2,1-3H3. The van der Waals surface area contributed by atoms with Gasteiger partial charge < -0.3 is 10.1 Å². The number of halogens is 1. The van der Waals surface area contributed by atoms with Crippen LogP contribution in [0.2, 0.25) is 0 Å². The van der Waals surface area contributed by atoms with Crippen LogP contribution in [0.25, 0.3) is 0 Å². The van der Waals surface area contributed by atoms with Crippen molar-refractivity contribution in [1.82, 2.24) is 5.32 Å². The first kappa shape index (κ1) is 14.9. The van der Waals surface area contributed by atoms with Crippen molar-refractivity contribution >= 4 is 15.9 Å². The molecule has 0 aromatic heterocycles. The lowest BCUT2D eigenvalue weighted by Gasteiger charge is -2.41. The van der Waals surface area contributed by atoms with Crippen molar-refractivity contribution < 1.29 is 4.74 Å². The summed E-state index contributed by atoms with van der Waals surface area (Å²) >= 11 is 3.58. The molecule has 1 unspecified atom stereocenters. The average Bonchev–Trinajstić information content (AvgIpc) is 2.40. The van der Waals surface area contributed by atoms with Crippen LogP contribution in [0.5, 0.6) is 5.75 Å². The second-order valence-corrected chi connectivity index (χ2v) is 6.74. The normalized spacial score (nSPS) is 20.0. The first-order valence-corrected chi connectivity index (χ1v) is 7.91. The molecule has 2 rings (SSSR count). The third-order valence-electron chi connectivity index (χ3n) is 4.48. The highest BCUT2D eigenvalue weighted by Gasteiger charge is 2.36. The van der Waals surface area contributed by atoms with E-state index in [-0.39, 0.29) is 0 Å².